The summed E-state index contributed by atoms with van der Waals surface area (Å²) in [7, 11) is 0. The maximum Gasteiger partial charge on any atom is 0.313 e. The van der Waals surface area contributed by atoms with Crippen LogP contribution in [-0.4, -0.2) is 29.1 Å². The lowest BCUT2D eigenvalue weighted by atomic mass is 10.1. The van der Waals surface area contributed by atoms with Crippen molar-refractivity contribution in [3.63, 3.8) is 0 Å². The van der Waals surface area contributed by atoms with Gasteiger partial charge in [-0.3, -0.25) is 9.59 Å². The van der Waals surface area contributed by atoms with Gasteiger partial charge in [-0.15, -0.1) is 0 Å². The van der Waals surface area contributed by atoms with Crippen LogP contribution < -0.4 is 0 Å². The highest BCUT2D eigenvalue weighted by atomic mass is 16.5. The Hall–Kier alpha value is -0.900. The normalized spacial score (nSPS) is 11.1. The molecule has 0 heterocycles. The van der Waals surface area contributed by atoms with Crippen LogP contribution in [0.2, 0.25) is 0 Å². The second-order valence-corrected chi connectivity index (χ2v) is 3.66. The Morgan fingerprint density at radius 3 is 2.31 bits per heavy atom. The van der Waals surface area contributed by atoms with E-state index in [-0.39, 0.29) is 18.8 Å². The number of esters is 1. The van der Waals surface area contributed by atoms with E-state index >= 15 is 0 Å². The minimum atomic E-state index is -0.837. The molecule has 4 nitrogen and oxygen atoms in total. The Kier molecular flexibility index (Phi) is 4.62. The van der Waals surface area contributed by atoms with Crippen molar-refractivity contribution in [3.8, 4) is 0 Å². The van der Waals surface area contributed by atoms with Gasteiger partial charge >= 0.3 is 5.97 Å². The summed E-state index contributed by atoms with van der Waals surface area (Å²) in [6, 6.07) is 0. The number of hydrogen-bond acceptors (Lipinski definition) is 4. The van der Waals surface area contributed by atoms with E-state index in [0.29, 0.717) is 6.42 Å². The van der Waals surface area contributed by atoms with Gasteiger partial charge in [0.05, 0.1) is 12.2 Å². The van der Waals surface area contributed by atoms with E-state index in [4.69, 9.17) is 4.74 Å². The first-order valence-electron chi connectivity index (χ1n) is 4.19. The second-order valence-electron chi connectivity index (χ2n) is 3.66. The van der Waals surface area contributed by atoms with Crippen LogP contribution in [0.15, 0.2) is 0 Å². The molecule has 0 aromatic rings. The molecule has 0 amide bonds. The molecule has 0 aromatic carbocycles. The smallest absolute Gasteiger partial charge is 0.313 e. The Morgan fingerprint density at radius 1 is 1.38 bits per heavy atom. The molecule has 0 aliphatic heterocycles. The zero-order valence-electron chi connectivity index (χ0n) is 8.29. The molecule has 0 radical (unpaired) electrons. The highest BCUT2D eigenvalue weighted by Crippen LogP contribution is 2.06. The molecular weight excluding hydrogens is 172 g/mol. The van der Waals surface area contributed by atoms with Gasteiger partial charge in [-0.1, -0.05) is 0 Å². The monoisotopic (exact) mass is 188 g/mol. The molecule has 0 saturated heterocycles. The van der Waals surface area contributed by atoms with Crippen molar-refractivity contribution < 1.29 is 19.4 Å². The summed E-state index contributed by atoms with van der Waals surface area (Å²) in [6.07, 6.45) is 0.183. The van der Waals surface area contributed by atoms with Gasteiger partial charge < -0.3 is 9.84 Å². The first kappa shape index (κ1) is 12.1. The van der Waals surface area contributed by atoms with Crippen molar-refractivity contribution in [3.05, 3.63) is 0 Å². The van der Waals surface area contributed by atoms with Gasteiger partial charge in [0.25, 0.3) is 0 Å². The lowest BCUT2D eigenvalue weighted by Crippen LogP contribution is -2.22. The van der Waals surface area contributed by atoms with E-state index in [2.05, 4.69) is 0 Å². The molecule has 0 atom stereocenters. The molecule has 0 rings (SSSR count). The van der Waals surface area contributed by atoms with Crippen LogP contribution in [-0.2, 0) is 14.3 Å². The van der Waals surface area contributed by atoms with Crippen LogP contribution >= 0.6 is 0 Å². The van der Waals surface area contributed by atoms with Crippen molar-refractivity contribution in [2.75, 3.05) is 6.61 Å². The fraction of sp³-hybridized carbons (Fsp3) is 0.778. The topological polar surface area (TPSA) is 63.6 Å². The van der Waals surface area contributed by atoms with Crippen LogP contribution in [0.3, 0.4) is 0 Å². The molecule has 0 spiro atoms. The molecule has 4 heteroatoms. The summed E-state index contributed by atoms with van der Waals surface area (Å²) in [6.45, 7) is 4.74. The van der Waals surface area contributed by atoms with Gasteiger partial charge in [0.1, 0.15) is 12.2 Å². The van der Waals surface area contributed by atoms with Gasteiger partial charge in [0.15, 0.2) is 0 Å². The average Bonchev–Trinajstić information content (AvgIpc) is 1.81. The highest BCUT2D eigenvalue weighted by Gasteiger charge is 2.13. The minimum absolute atomic E-state index is 0.148. The molecule has 0 saturated carbocycles. The van der Waals surface area contributed by atoms with Crippen molar-refractivity contribution >= 4 is 11.8 Å². The second kappa shape index (κ2) is 4.97. The fourth-order valence-electron chi connectivity index (χ4n) is 0.669. The number of aliphatic hydroxyl groups is 1. The van der Waals surface area contributed by atoms with E-state index in [0.717, 1.165) is 0 Å². The zero-order valence-corrected chi connectivity index (χ0v) is 8.29. The van der Waals surface area contributed by atoms with Gasteiger partial charge in [-0.2, -0.15) is 0 Å². The van der Waals surface area contributed by atoms with Crippen LogP contribution in [0, 0.1) is 0 Å². The number of ether oxygens (including phenoxy) is 1. The third kappa shape index (κ3) is 9.01. The van der Waals surface area contributed by atoms with Gasteiger partial charge in [0.2, 0.25) is 0 Å². The van der Waals surface area contributed by atoms with E-state index in [1.165, 1.54) is 6.92 Å². The third-order valence-corrected chi connectivity index (χ3v) is 1.37. The van der Waals surface area contributed by atoms with Crippen molar-refractivity contribution in [1.29, 1.82) is 0 Å². The largest absolute Gasteiger partial charge is 0.465 e. The predicted octanol–water partition coefficient (Wildman–Crippen LogP) is 0.670. The molecule has 0 aromatic heterocycles. The van der Waals surface area contributed by atoms with Crippen LogP contribution in [0.4, 0.5) is 0 Å². The first-order valence-corrected chi connectivity index (χ1v) is 4.19. The Morgan fingerprint density at radius 2 is 1.92 bits per heavy atom. The fourth-order valence-corrected chi connectivity index (χ4v) is 0.669. The number of carbonyl (C=O) groups excluding carboxylic acids is 2. The van der Waals surface area contributed by atoms with Crippen LogP contribution in [0.5, 0.6) is 0 Å². The minimum Gasteiger partial charge on any atom is -0.465 e. The van der Waals surface area contributed by atoms with E-state index in [1.807, 2.05) is 0 Å². The third-order valence-electron chi connectivity index (χ3n) is 1.37. The molecule has 0 aliphatic carbocycles. The average molecular weight is 188 g/mol. The zero-order chi connectivity index (χ0) is 10.5. The van der Waals surface area contributed by atoms with E-state index < -0.39 is 11.6 Å². The van der Waals surface area contributed by atoms with E-state index in [9.17, 15) is 14.7 Å². The quantitative estimate of drug-likeness (QED) is 0.508. The highest BCUT2D eigenvalue weighted by molar-refractivity contribution is 5.94. The standard InChI is InChI=1S/C9H16O4/c1-7(10)6-8(11)13-5-4-9(2,3)12/h12H,4-6H2,1-3H3. The number of ketones is 1. The summed E-state index contributed by atoms with van der Waals surface area (Å²) in [5.41, 5.74) is -0.837. The van der Waals surface area contributed by atoms with Crippen LogP contribution in [0.1, 0.15) is 33.6 Å². The Labute approximate surface area is 77.9 Å². The SMILES string of the molecule is CC(=O)CC(=O)OCCC(C)(C)O. The number of Topliss-reactive ketones (excluding diaryl/α,β-unsaturated/α-hetero) is 1. The molecular formula is C9H16O4. The summed E-state index contributed by atoms with van der Waals surface area (Å²) in [5.74, 6) is -0.745. The number of hydrogen-bond donors (Lipinski definition) is 1. The predicted molar refractivity (Wildman–Crippen MR) is 47.2 cm³/mol. The summed E-state index contributed by atoms with van der Waals surface area (Å²) < 4.78 is 4.71. The molecule has 0 unspecified atom stereocenters. The van der Waals surface area contributed by atoms with Gasteiger partial charge in [-0.05, 0) is 20.8 Å². The van der Waals surface area contributed by atoms with Crippen LogP contribution in [0.25, 0.3) is 0 Å². The Bertz CT molecular complexity index is 190. The molecule has 0 fully saturated rings. The summed E-state index contributed by atoms with van der Waals surface area (Å²) in [5, 5.41) is 9.25. The lowest BCUT2D eigenvalue weighted by Gasteiger charge is -2.16. The maximum absolute atomic E-state index is 10.8. The van der Waals surface area contributed by atoms with Crippen molar-refractivity contribution in [1.82, 2.24) is 0 Å². The molecule has 0 aliphatic rings. The maximum atomic E-state index is 10.8. The molecule has 0 bridgehead atoms. The summed E-state index contributed by atoms with van der Waals surface area (Å²) >= 11 is 0. The lowest BCUT2D eigenvalue weighted by molar-refractivity contribution is -0.146. The number of rotatable bonds is 5. The number of carbonyl (C=O) groups is 2. The molecule has 76 valence electrons. The molecule has 1 N–H and O–H groups in total. The summed E-state index contributed by atoms with van der Waals surface area (Å²) in [4.78, 5) is 21.3. The van der Waals surface area contributed by atoms with Crippen molar-refractivity contribution in [2.45, 2.75) is 39.2 Å². The van der Waals surface area contributed by atoms with Crippen molar-refractivity contribution in [2.24, 2.45) is 0 Å². The molecule has 13 heavy (non-hydrogen) atoms. The van der Waals surface area contributed by atoms with E-state index in [1.54, 1.807) is 13.8 Å². The first-order chi connectivity index (χ1) is 5.81. The van der Waals surface area contributed by atoms with Gasteiger partial charge in [-0.25, -0.2) is 0 Å². The van der Waals surface area contributed by atoms with Gasteiger partial charge in [0, 0.05) is 6.42 Å². The Balaban J connectivity index is 3.54.